The molecule has 178 valence electrons. The van der Waals surface area contributed by atoms with Crippen molar-refractivity contribution < 1.29 is 31.6 Å². The first-order valence-corrected chi connectivity index (χ1v) is 11.7. The standard InChI is InChI=1S/C25H29IO7/c1-16-19(15-29-25(2,3)4)30-24(32-23(28)18-13-9-6-10-14-18)21(20(16)33-26)31-22(27)17-11-7-5-8-12-17/h5-14,16,19-21,24H,15H2,1-4H3/t16-,19?,20?,21+,24+/m1/s1. The van der Waals surface area contributed by atoms with E-state index in [9.17, 15) is 9.59 Å². The highest BCUT2D eigenvalue weighted by Gasteiger charge is 2.49. The van der Waals surface area contributed by atoms with Gasteiger partial charge in [0, 0.05) is 5.92 Å². The molecule has 1 aliphatic rings. The number of carbonyl (C=O) groups excluding carboxylic acids is 2. The van der Waals surface area contributed by atoms with Crippen molar-refractivity contribution in [3.63, 3.8) is 0 Å². The van der Waals surface area contributed by atoms with Crippen molar-refractivity contribution >= 4 is 34.9 Å². The van der Waals surface area contributed by atoms with Crippen LogP contribution >= 0.6 is 23.0 Å². The summed E-state index contributed by atoms with van der Waals surface area (Å²) in [4.78, 5) is 25.6. The molecule has 3 rings (SSSR count). The third-order valence-electron chi connectivity index (χ3n) is 5.27. The van der Waals surface area contributed by atoms with Crippen LogP contribution in [-0.2, 0) is 22.0 Å². The van der Waals surface area contributed by atoms with Crippen molar-refractivity contribution in [2.45, 2.75) is 57.9 Å². The Bertz CT molecular complexity index is 913. The van der Waals surface area contributed by atoms with Gasteiger partial charge in [-0.1, -0.05) is 43.3 Å². The first-order chi connectivity index (χ1) is 15.7. The van der Waals surface area contributed by atoms with Crippen molar-refractivity contribution in [2.75, 3.05) is 6.61 Å². The Labute approximate surface area is 208 Å². The second kappa shape index (κ2) is 11.4. The monoisotopic (exact) mass is 568 g/mol. The van der Waals surface area contributed by atoms with E-state index in [4.69, 9.17) is 22.0 Å². The number of halogens is 1. The van der Waals surface area contributed by atoms with Gasteiger partial charge in [0.25, 0.3) is 0 Å². The highest BCUT2D eigenvalue weighted by Crippen LogP contribution is 2.34. The Morgan fingerprint density at radius 3 is 1.88 bits per heavy atom. The van der Waals surface area contributed by atoms with Crippen LogP contribution in [0.3, 0.4) is 0 Å². The van der Waals surface area contributed by atoms with E-state index in [-0.39, 0.29) is 18.1 Å². The molecule has 1 aliphatic heterocycles. The van der Waals surface area contributed by atoms with Crippen LogP contribution in [0.2, 0.25) is 0 Å². The van der Waals surface area contributed by atoms with Gasteiger partial charge in [-0.25, -0.2) is 9.59 Å². The van der Waals surface area contributed by atoms with Crippen LogP contribution in [0.15, 0.2) is 60.7 Å². The summed E-state index contributed by atoms with van der Waals surface area (Å²) in [6.45, 7) is 8.04. The van der Waals surface area contributed by atoms with E-state index >= 15 is 0 Å². The summed E-state index contributed by atoms with van der Waals surface area (Å²) in [5, 5.41) is 0. The van der Waals surface area contributed by atoms with Crippen LogP contribution in [0.5, 0.6) is 0 Å². The molecule has 5 atom stereocenters. The van der Waals surface area contributed by atoms with E-state index in [0.29, 0.717) is 11.1 Å². The molecule has 1 heterocycles. The molecule has 1 saturated heterocycles. The second-order valence-electron chi connectivity index (χ2n) is 8.89. The Morgan fingerprint density at radius 1 is 0.879 bits per heavy atom. The van der Waals surface area contributed by atoms with Gasteiger partial charge in [0.2, 0.25) is 6.29 Å². The third kappa shape index (κ3) is 6.99. The highest BCUT2D eigenvalue weighted by atomic mass is 127. The van der Waals surface area contributed by atoms with Crippen molar-refractivity contribution in [2.24, 2.45) is 5.92 Å². The number of hydrogen-bond acceptors (Lipinski definition) is 7. The van der Waals surface area contributed by atoms with Crippen LogP contribution in [0.25, 0.3) is 0 Å². The average molecular weight is 568 g/mol. The quantitative estimate of drug-likeness (QED) is 0.345. The molecule has 8 heteroatoms. The number of hydrogen-bond donors (Lipinski definition) is 0. The number of esters is 2. The first kappa shape index (κ1) is 25.6. The van der Waals surface area contributed by atoms with Gasteiger partial charge in [-0.05, 0) is 45.0 Å². The van der Waals surface area contributed by atoms with Gasteiger partial charge in [-0.2, -0.15) is 0 Å². The fourth-order valence-electron chi connectivity index (χ4n) is 3.43. The maximum atomic E-state index is 12.8. The number of rotatable bonds is 7. The lowest BCUT2D eigenvalue weighted by atomic mass is 9.90. The normalized spacial score (nSPS) is 25.3. The zero-order valence-corrected chi connectivity index (χ0v) is 21.3. The van der Waals surface area contributed by atoms with Crippen molar-refractivity contribution in [1.29, 1.82) is 0 Å². The molecule has 7 nitrogen and oxygen atoms in total. The molecule has 2 aromatic rings. The number of ether oxygens (including phenoxy) is 4. The zero-order valence-electron chi connectivity index (χ0n) is 19.1. The smallest absolute Gasteiger partial charge is 0.340 e. The largest absolute Gasteiger partial charge is 0.449 e. The Balaban J connectivity index is 1.85. The summed E-state index contributed by atoms with van der Waals surface area (Å²) in [5.41, 5.74) is 0.363. The van der Waals surface area contributed by atoms with Gasteiger partial charge >= 0.3 is 11.9 Å². The summed E-state index contributed by atoms with van der Waals surface area (Å²) >= 11 is 1.78. The molecule has 2 unspecified atom stereocenters. The minimum atomic E-state index is -1.17. The van der Waals surface area contributed by atoms with Crippen LogP contribution in [-0.4, -0.2) is 48.7 Å². The summed E-state index contributed by atoms with van der Waals surface area (Å²) in [7, 11) is 0. The Kier molecular flexibility index (Phi) is 8.86. The molecule has 1 fully saturated rings. The number of carbonyl (C=O) groups is 2. The predicted octanol–water partition coefficient (Wildman–Crippen LogP) is 4.98. The molecule has 0 aromatic heterocycles. The third-order valence-corrected chi connectivity index (χ3v) is 5.86. The van der Waals surface area contributed by atoms with Gasteiger partial charge in [-0.3, -0.25) is 0 Å². The van der Waals surface area contributed by atoms with Gasteiger partial charge in [0.15, 0.2) is 6.10 Å². The first-order valence-electron chi connectivity index (χ1n) is 10.8. The zero-order chi connectivity index (χ0) is 24.0. The Hall–Kier alpha value is -2.01. The minimum Gasteiger partial charge on any atom is -0.449 e. The van der Waals surface area contributed by atoms with Crippen LogP contribution in [0.1, 0.15) is 48.4 Å². The lowest BCUT2D eigenvalue weighted by molar-refractivity contribution is -0.267. The number of benzene rings is 2. The van der Waals surface area contributed by atoms with Crippen LogP contribution in [0.4, 0.5) is 0 Å². The van der Waals surface area contributed by atoms with Crippen LogP contribution in [0, 0.1) is 5.92 Å². The van der Waals surface area contributed by atoms with Crippen LogP contribution < -0.4 is 0 Å². The van der Waals surface area contributed by atoms with E-state index in [1.807, 2.05) is 33.8 Å². The van der Waals surface area contributed by atoms with Gasteiger partial charge in [0.05, 0.1) is 29.4 Å². The average Bonchev–Trinajstić information content (AvgIpc) is 2.80. The molecule has 0 spiro atoms. The molecule has 0 N–H and O–H groups in total. The van der Waals surface area contributed by atoms with E-state index in [1.54, 1.807) is 77.6 Å². The molecule has 33 heavy (non-hydrogen) atoms. The van der Waals surface area contributed by atoms with Gasteiger partial charge < -0.3 is 22.0 Å². The van der Waals surface area contributed by atoms with E-state index in [1.165, 1.54) is 0 Å². The lowest BCUT2D eigenvalue weighted by Gasteiger charge is -2.43. The Morgan fingerprint density at radius 2 is 1.39 bits per heavy atom. The maximum Gasteiger partial charge on any atom is 0.340 e. The van der Waals surface area contributed by atoms with E-state index in [2.05, 4.69) is 0 Å². The summed E-state index contributed by atoms with van der Waals surface area (Å²) < 4.78 is 29.2. The molecule has 0 aliphatic carbocycles. The van der Waals surface area contributed by atoms with E-state index < -0.39 is 36.5 Å². The van der Waals surface area contributed by atoms with Crippen molar-refractivity contribution in [3.05, 3.63) is 71.8 Å². The predicted molar refractivity (Wildman–Crippen MR) is 130 cm³/mol. The molecular formula is C25H29IO7. The fourth-order valence-corrected chi connectivity index (χ4v) is 4.18. The highest BCUT2D eigenvalue weighted by molar-refractivity contribution is 14.1. The molecule has 0 saturated carbocycles. The molecule has 2 aromatic carbocycles. The molecular weight excluding hydrogens is 539 g/mol. The SMILES string of the molecule is C[C@@H]1C(COC(C)(C)C)O[C@@H](OC(=O)c2ccccc2)[C@@H](OC(=O)c2ccccc2)C1OI. The maximum absolute atomic E-state index is 12.8. The minimum absolute atomic E-state index is 0.204. The second-order valence-corrected chi connectivity index (χ2v) is 9.39. The van der Waals surface area contributed by atoms with Crippen molar-refractivity contribution in [3.8, 4) is 0 Å². The molecule has 0 radical (unpaired) electrons. The summed E-state index contributed by atoms with van der Waals surface area (Å²) in [6, 6.07) is 17.2. The fraction of sp³-hybridized carbons (Fsp3) is 0.440. The summed E-state index contributed by atoms with van der Waals surface area (Å²) in [5.74, 6) is -1.34. The molecule has 0 amide bonds. The van der Waals surface area contributed by atoms with Gasteiger partial charge in [0.1, 0.15) is 29.1 Å². The van der Waals surface area contributed by atoms with Crippen molar-refractivity contribution in [1.82, 2.24) is 0 Å². The summed E-state index contributed by atoms with van der Waals surface area (Å²) in [6.07, 6.45) is -3.17. The lowest BCUT2D eigenvalue weighted by Crippen LogP contribution is -2.58. The van der Waals surface area contributed by atoms with E-state index in [0.717, 1.165) is 0 Å². The molecule has 0 bridgehead atoms. The topological polar surface area (TPSA) is 80.3 Å². The van der Waals surface area contributed by atoms with Gasteiger partial charge in [-0.15, -0.1) is 0 Å².